The number of hydrogen-bond acceptors (Lipinski definition) is 8. The van der Waals surface area contributed by atoms with Crippen LogP contribution in [0.4, 0.5) is 0 Å². The van der Waals surface area contributed by atoms with Gasteiger partial charge in [-0.1, -0.05) is 48.0 Å². The number of ether oxygens (including phenoxy) is 3. The van der Waals surface area contributed by atoms with E-state index in [1.54, 1.807) is 29.5 Å². The van der Waals surface area contributed by atoms with Crippen LogP contribution < -0.4 is 0 Å². The Balaban J connectivity index is 0.000000195. The Labute approximate surface area is 226 Å². The van der Waals surface area contributed by atoms with Crippen molar-refractivity contribution in [3.05, 3.63) is 87.1 Å². The lowest BCUT2D eigenvalue weighted by molar-refractivity contribution is -0.147. The summed E-state index contributed by atoms with van der Waals surface area (Å²) in [6, 6.07) is 16.6. The van der Waals surface area contributed by atoms with Crippen molar-refractivity contribution >= 4 is 39.0 Å². The van der Waals surface area contributed by atoms with Gasteiger partial charge in [0.25, 0.3) is 10.1 Å². The van der Waals surface area contributed by atoms with E-state index < -0.39 is 16.2 Å². The van der Waals surface area contributed by atoms with Crippen molar-refractivity contribution in [2.75, 3.05) is 40.1 Å². The minimum absolute atomic E-state index is 0.0741. The van der Waals surface area contributed by atoms with Crippen LogP contribution >= 0.6 is 22.9 Å². The predicted octanol–water partition coefficient (Wildman–Crippen LogP) is 4.64. The number of carbonyl (C=O) groups excluding carboxylic acids is 1. The van der Waals surface area contributed by atoms with Crippen molar-refractivity contribution in [3.63, 3.8) is 0 Å². The van der Waals surface area contributed by atoms with E-state index in [9.17, 15) is 13.2 Å². The van der Waals surface area contributed by atoms with Crippen LogP contribution in [0.1, 0.15) is 22.0 Å². The van der Waals surface area contributed by atoms with Crippen molar-refractivity contribution in [2.45, 2.75) is 23.9 Å². The molecule has 0 amide bonds. The Bertz CT molecular complexity index is 1220. The molecule has 2 aromatic carbocycles. The van der Waals surface area contributed by atoms with Gasteiger partial charge >= 0.3 is 5.97 Å². The molecule has 0 aliphatic carbocycles. The molecule has 1 N–H and O–H groups in total. The van der Waals surface area contributed by atoms with E-state index in [0.717, 1.165) is 51.5 Å². The second kappa shape index (κ2) is 14.6. The van der Waals surface area contributed by atoms with E-state index in [1.165, 1.54) is 29.7 Å². The van der Waals surface area contributed by atoms with Gasteiger partial charge in [0.1, 0.15) is 6.04 Å². The first-order valence-electron chi connectivity index (χ1n) is 11.6. The molecule has 1 aromatic heterocycles. The number of carbonyl (C=O) groups is 1. The van der Waals surface area contributed by atoms with Gasteiger partial charge in [-0.3, -0.25) is 9.45 Å². The van der Waals surface area contributed by atoms with Crippen LogP contribution in [-0.2, 0) is 42.1 Å². The van der Waals surface area contributed by atoms with Crippen molar-refractivity contribution in [1.82, 2.24) is 4.90 Å². The maximum Gasteiger partial charge on any atom is 0.327 e. The van der Waals surface area contributed by atoms with Gasteiger partial charge in [0, 0.05) is 23.0 Å². The number of thiophene rings is 1. The lowest BCUT2D eigenvalue weighted by Gasteiger charge is -2.33. The van der Waals surface area contributed by atoms with Gasteiger partial charge in [-0.2, -0.15) is 8.42 Å². The number of esters is 1. The summed E-state index contributed by atoms with van der Waals surface area (Å²) in [6.07, 6.45) is 0.963. The smallest absolute Gasteiger partial charge is 0.327 e. The number of hydrogen-bond donors (Lipinski definition) is 1. The standard InChI is InChI=1S/C16H16ClNO2S.C6H6O3S.C4H8O2/c1-20-16(19)15(12-4-2-3-5-13(12)17)18-8-6-14-11(10-18)7-9-21-14;7-10(8,9)6-4-2-1-3-5-6;1-2-6-4-3-5-1/h2-5,7,9,15H,6,8,10H2,1H3;1-5H,(H,7,8,9);1-4H2/t15-;;/m0../s1. The predicted molar refractivity (Wildman–Crippen MR) is 143 cm³/mol. The van der Waals surface area contributed by atoms with Crippen LogP contribution in [0.5, 0.6) is 0 Å². The Morgan fingerprint density at radius 2 is 1.65 bits per heavy atom. The maximum absolute atomic E-state index is 12.3. The number of nitrogens with zero attached hydrogens (tertiary/aromatic N) is 1. The monoisotopic (exact) mass is 567 g/mol. The lowest BCUT2D eigenvalue weighted by Crippen LogP contribution is -2.38. The molecular weight excluding hydrogens is 538 g/mol. The van der Waals surface area contributed by atoms with Gasteiger partial charge in [0.15, 0.2) is 0 Å². The minimum atomic E-state index is -4.00. The summed E-state index contributed by atoms with van der Waals surface area (Å²) in [5, 5.41) is 2.71. The van der Waals surface area contributed by atoms with Crippen LogP contribution in [0.15, 0.2) is 70.9 Å². The molecule has 2 aliphatic heterocycles. The summed E-state index contributed by atoms with van der Waals surface area (Å²) in [5.41, 5.74) is 2.11. The van der Waals surface area contributed by atoms with Crippen LogP contribution in [-0.4, -0.2) is 63.9 Å². The molecule has 5 rings (SSSR count). The first-order chi connectivity index (χ1) is 17.8. The number of benzene rings is 2. The topological polar surface area (TPSA) is 102 Å². The second-order valence-corrected chi connectivity index (χ2v) is 10.9. The Morgan fingerprint density at radius 1 is 1.03 bits per heavy atom. The average Bonchev–Trinajstić information content (AvgIpc) is 3.40. The van der Waals surface area contributed by atoms with Crippen LogP contribution in [0.2, 0.25) is 5.02 Å². The third-order valence-corrected chi connectivity index (χ3v) is 7.85. The molecule has 2 aliphatic rings. The summed E-state index contributed by atoms with van der Waals surface area (Å²) in [7, 11) is -2.58. The van der Waals surface area contributed by atoms with E-state index in [0.29, 0.717) is 5.02 Å². The molecule has 0 bridgehead atoms. The quantitative estimate of drug-likeness (QED) is 0.359. The highest BCUT2D eigenvalue weighted by atomic mass is 35.5. The Kier molecular flexibility index (Phi) is 11.5. The third-order valence-electron chi connectivity index (χ3n) is 5.61. The van der Waals surface area contributed by atoms with E-state index in [-0.39, 0.29) is 10.9 Å². The molecule has 200 valence electrons. The van der Waals surface area contributed by atoms with E-state index in [4.69, 9.17) is 30.4 Å². The van der Waals surface area contributed by atoms with Gasteiger partial charge in [-0.15, -0.1) is 11.3 Å². The molecule has 8 nitrogen and oxygen atoms in total. The Hall–Kier alpha value is -2.31. The van der Waals surface area contributed by atoms with Crippen molar-refractivity contribution in [1.29, 1.82) is 0 Å². The first-order valence-corrected chi connectivity index (χ1v) is 14.3. The van der Waals surface area contributed by atoms with Crippen molar-refractivity contribution in [3.8, 4) is 0 Å². The molecule has 1 atom stereocenters. The summed E-state index contributed by atoms with van der Waals surface area (Å²) >= 11 is 8.07. The molecule has 0 unspecified atom stereocenters. The van der Waals surface area contributed by atoms with Gasteiger partial charge < -0.3 is 14.2 Å². The molecule has 0 spiro atoms. The fourth-order valence-electron chi connectivity index (χ4n) is 3.80. The average molecular weight is 568 g/mol. The zero-order valence-corrected chi connectivity index (χ0v) is 22.8. The highest BCUT2D eigenvalue weighted by molar-refractivity contribution is 7.85. The molecule has 1 saturated heterocycles. The van der Waals surface area contributed by atoms with Gasteiger partial charge in [-0.05, 0) is 47.2 Å². The van der Waals surface area contributed by atoms with Crippen LogP contribution in [0.25, 0.3) is 0 Å². The number of fused-ring (bicyclic) bond motifs is 1. The van der Waals surface area contributed by atoms with Crippen LogP contribution in [0, 0.1) is 0 Å². The summed E-state index contributed by atoms with van der Waals surface area (Å²) in [4.78, 5) is 15.8. The van der Waals surface area contributed by atoms with Gasteiger partial charge in [0.2, 0.25) is 0 Å². The molecule has 3 heterocycles. The zero-order valence-electron chi connectivity index (χ0n) is 20.4. The fourth-order valence-corrected chi connectivity index (χ4v) is 5.43. The molecule has 0 saturated carbocycles. The third kappa shape index (κ3) is 8.89. The number of rotatable bonds is 4. The van der Waals surface area contributed by atoms with Crippen molar-refractivity contribution in [2.24, 2.45) is 0 Å². The second-order valence-electron chi connectivity index (χ2n) is 8.05. The van der Waals surface area contributed by atoms with E-state index >= 15 is 0 Å². The molecule has 11 heteroatoms. The lowest BCUT2D eigenvalue weighted by atomic mass is 10.0. The first kappa shape index (κ1) is 29.2. The summed E-state index contributed by atoms with van der Waals surface area (Å²) < 4.78 is 44.1. The van der Waals surface area contributed by atoms with Gasteiger partial charge in [-0.25, -0.2) is 4.79 Å². The molecular formula is C26H30ClNO7S2. The van der Waals surface area contributed by atoms with Crippen LogP contribution in [0.3, 0.4) is 0 Å². The number of methoxy groups -OCH3 is 1. The maximum atomic E-state index is 12.3. The molecule has 1 fully saturated rings. The normalized spacial score (nSPS) is 16.2. The fraction of sp³-hybridized carbons (Fsp3) is 0.346. The van der Waals surface area contributed by atoms with E-state index in [2.05, 4.69) is 16.3 Å². The van der Waals surface area contributed by atoms with Gasteiger partial charge in [0.05, 0.1) is 38.4 Å². The Morgan fingerprint density at radius 3 is 2.19 bits per heavy atom. The zero-order chi connectivity index (χ0) is 26.7. The minimum Gasteiger partial charge on any atom is -0.468 e. The molecule has 37 heavy (non-hydrogen) atoms. The highest BCUT2D eigenvalue weighted by Crippen LogP contribution is 2.33. The molecule has 0 radical (unpaired) electrons. The molecule has 3 aromatic rings. The highest BCUT2D eigenvalue weighted by Gasteiger charge is 2.32. The SMILES string of the molecule is C1COCCO1.COC(=O)[C@H](c1ccccc1Cl)N1CCc2sccc2C1.O=S(=O)(O)c1ccccc1. The number of halogens is 1. The summed E-state index contributed by atoms with van der Waals surface area (Å²) in [6.45, 7) is 4.70. The largest absolute Gasteiger partial charge is 0.468 e. The summed E-state index contributed by atoms with van der Waals surface area (Å²) in [5.74, 6) is -0.262. The van der Waals surface area contributed by atoms with E-state index in [1.807, 2.05) is 24.3 Å². The van der Waals surface area contributed by atoms with Crippen molar-refractivity contribution < 1.29 is 32.0 Å².